The molecule has 3 heteroatoms. The van der Waals surface area contributed by atoms with Gasteiger partial charge in [0.2, 0.25) is 0 Å². The van der Waals surface area contributed by atoms with Crippen molar-refractivity contribution in [3.05, 3.63) is 11.6 Å². The Balaban J connectivity index is 2.00. The monoisotopic (exact) mass is 167 g/mol. The zero-order valence-corrected chi connectivity index (χ0v) is 7.33. The van der Waals surface area contributed by atoms with Crippen molar-refractivity contribution in [3.8, 4) is 0 Å². The van der Waals surface area contributed by atoms with Gasteiger partial charge in [-0.25, -0.2) is 0 Å². The number of ether oxygens (including phenoxy) is 1. The van der Waals surface area contributed by atoms with Gasteiger partial charge in [-0.2, -0.15) is 0 Å². The van der Waals surface area contributed by atoms with E-state index >= 15 is 0 Å². The summed E-state index contributed by atoms with van der Waals surface area (Å²) in [5.41, 5.74) is 1.31. The summed E-state index contributed by atoms with van der Waals surface area (Å²) in [5.74, 6) is -0.179. The van der Waals surface area contributed by atoms with E-state index in [-0.39, 0.29) is 12.1 Å². The first-order valence-electron chi connectivity index (χ1n) is 4.27. The standard InChI is InChI=1S/C9H13NO2/c1-5-3-7-9(10-7)8(4-5)12-6(2)11/h3,7-10H,4H2,1-2H3/t7-,8+,9-/m0/s1. The molecule has 0 amide bonds. The van der Waals surface area contributed by atoms with Crippen molar-refractivity contribution in [2.24, 2.45) is 0 Å². The van der Waals surface area contributed by atoms with E-state index in [4.69, 9.17) is 4.74 Å². The Hall–Kier alpha value is -0.830. The maximum Gasteiger partial charge on any atom is 0.302 e. The zero-order chi connectivity index (χ0) is 8.72. The van der Waals surface area contributed by atoms with Gasteiger partial charge in [-0.1, -0.05) is 11.6 Å². The number of carbonyl (C=O) groups is 1. The molecule has 0 bridgehead atoms. The van der Waals surface area contributed by atoms with Crippen LogP contribution in [-0.4, -0.2) is 24.2 Å². The fourth-order valence-corrected chi connectivity index (χ4v) is 1.80. The second-order valence-electron chi connectivity index (χ2n) is 3.58. The lowest BCUT2D eigenvalue weighted by atomic mass is 9.98. The third-order valence-corrected chi connectivity index (χ3v) is 2.37. The van der Waals surface area contributed by atoms with Crippen LogP contribution in [0.2, 0.25) is 0 Å². The average Bonchev–Trinajstić information content (AvgIpc) is 2.64. The van der Waals surface area contributed by atoms with Crippen LogP contribution >= 0.6 is 0 Å². The molecule has 0 unspecified atom stereocenters. The van der Waals surface area contributed by atoms with E-state index in [9.17, 15) is 4.79 Å². The maximum atomic E-state index is 10.7. The fourth-order valence-electron chi connectivity index (χ4n) is 1.80. The predicted molar refractivity (Wildman–Crippen MR) is 44.6 cm³/mol. The Bertz CT molecular complexity index is 247. The number of esters is 1. The molecule has 0 aromatic carbocycles. The van der Waals surface area contributed by atoms with Gasteiger partial charge in [0, 0.05) is 19.4 Å². The molecule has 1 aliphatic carbocycles. The molecular weight excluding hydrogens is 154 g/mol. The minimum Gasteiger partial charge on any atom is -0.460 e. The lowest BCUT2D eigenvalue weighted by Gasteiger charge is -2.18. The summed E-state index contributed by atoms with van der Waals surface area (Å²) in [6, 6.07) is 0.848. The van der Waals surface area contributed by atoms with Gasteiger partial charge in [0.1, 0.15) is 6.10 Å². The quantitative estimate of drug-likeness (QED) is 0.353. The number of hydrogen-bond acceptors (Lipinski definition) is 3. The lowest BCUT2D eigenvalue weighted by molar-refractivity contribution is -0.146. The van der Waals surface area contributed by atoms with Crippen molar-refractivity contribution in [1.82, 2.24) is 5.32 Å². The summed E-state index contributed by atoms with van der Waals surface area (Å²) >= 11 is 0. The van der Waals surface area contributed by atoms with Crippen molar-refractivity contribution in [1.29, 1.82) is 0 Å². The molecule has 2 rings (SSSR count). The molecule has 0 radical (unpaired) electrons. The van der Waals surface area contributed by atoms with E-state index in [0.29, 0.717) is 12.1 Å². The summed E-state index contributed by atoms with van der Waals surface area (Å²) in [6.45, 7) is 3.54. The first-order chi connectivity index (χ1) is 5.66. The summed E-state index contributed by atoms with van der Waals surface area (Å²) in [6.07, 6.45) is 3.16. The molecule has 12 heavy (non-hydrogen) atoms. The normalized spacial score (nSPS) is 38.2. The van der Waals surface area contributed by atoms with Crippen LogP contribution in [0.15, 0.2) is 11.6 Å². The van der Waals surface area contributed by atoms with E-state index in [0.717, 1.165) is 6.42 Å². The number of fused-ring (bicyclic) bond motifs is 1. The van der Waals surface area contributed by atoms with E-state index in [2.05, 4.69) is 18.3 Å². The molecule has 3 nitrogen and oxygen atoms in total. The average molecular weight is 167 g/mol. The van der Waals surface area contributed by atoms with E-state index < -0.39 is 0 Å². The SMILES string of the molecule is CC(=O)O[C@@H]1CC(C)=C[C@@H]2N[C@@H]21. The Morgan fingerprint density at radius 3 is 3.17 bits per heavy atom. The van der Waals surface area contributed by atoms with Crippen molar-refractivity contribution in [2.45, 2.75) is 38.5 Å². The largest absolute Gasteiger partial charge is 0.460 e. The molecule has 0 aromatic heterocycles. The van der Waals surface area contributed by atoms with E-state index in [1.165, 1.54) is 12.5 Å². The molecule has 0 aromatic rings. The summed E-state index contributed by atoms with van der Waals surface area (Å²) in [4.78, 5) is 10.7. The molecule has 66 valence electrons. The van der Waals surface area contributed by atoms with Crippen LogP contribution in [0.5, 0.6) is 0 Å². The van der Waals surface area contributed by atoms with Crippen LogP contribution in [0.25, 0.3) is 0 Å². The van der Waals surface area contributed by atoms with Gasteiger partial charge in [-0.3, -0.25) is 4.79 Å². The molecule has 3 atom stereocenters. The first kappa shape index (κ1) is 7.80. The lowest BCUT2D eigenvalue weighted by Crippen LogP contribution is -2.27. The van der Waals surface area contributed by atoms with Crippen LogP contribution < -0.4 is 5.32 Å². The third-order valence-electron chi connectivity index (χ3n) is 2.37. The van der Waals surface area contributed by atoms with Gasteiger partial charge in [-0.05, 0) is 6.92 Å². The van der Waals surface area contributed by atoms with Gasteiger partial charge < -0.3 is 10.1 Å². The number of rotatable bonds is 1. The maximum absolute atomic E-state index is 10.7. The van der Waals surface area contributed by atoms with Crippen molar-refractivity contribution < 1.29 is 9.53 Å². The van der Waals surface area contributed by atoms with E-state index in [1.54, 1.807) is 0 Å². The second kappa shape index (κ2) is 2.59. The van der Waals surface area contributed by atoms with Gasteiger partial charge in [-0.15, -0.1) is 0 Å². The van der Waals surface area contributed by atoms with Gasteiger partial charge >= 0.3 is 5.97 Å². The minimum atomic E-state index is -0.179. The van der Waals surface area contributed by atoms with Crippen LogP contribution in [0.4, 0.5) is 0 Å². The topological polar surface area (TPSA) is 48.2 Å². The van der Waals surface area contributed by atoms with Gasteiger partial charge in [0.15, 0.2) is 0 Å². The van der Waals surface area contributed by atoms with Crippen LogP contribution in [-0.2, 0) is 9.53 Å². The zero-order valence-electron chi connectivity index (χ0n) is 7.33. The smallest absolute Gasteiger partial charge is 0.302 e. The molecule has 1 fully saturated rings. The Labute approximate surface area is 71.8 Å². The molecule has 1 heterocycles. The Kier molecular flexibility index (Phi) is 1.68. The summed E-state index contributed by atoms with van der Waals surface area (Å²) in [5, 5.41) is 3.26. The molecule has 1 N–H and O–H groups in total. The first-order valence-corrected chi connectivity index (χ1v) is 4.27. The van der Waals surface area contributed by atoms with Gasteiger partial charge in [0.25, 0.3) is 0 Å². The van der Waals surface area contributed by atoms with Crippen LogP contribution in [0, 0.1) is 0 Å². The number of carbonyl (C=O) groups excluding carboxylic acids is 1. The predicted octanol–water partition coefficient (Wildman–Crippen LogP) is 0.608. The number of hydrogen-bond donors (Lipinski definition) is 1. The van der Waals surface area contributed by atoms with E-state index in [1.807, 2.05) is 0 Å². The highest BCUT2D eigenvalue weighted by atomic mass is 16.5. The van der Waals surface area contributed by atoms with Crippen LogP contribution in [0.1, 0.15) is 20.3 Å². The highest BCUT2D eigenvalue weighted by Gasteiger charge is 2.45. The van der Waals surface area contributed by atoms with Crippen LogP contribution in [0.3, 0.4) is 0 Å². The minimum absolute atomic E-state index is 0.0671. The highest BCUT2D eigenvalue weighted by molar-refractivity contribution is 5.66. The fraction of sp³-hybridized carbons (Fsp3) is 0.667. The van der Waals surface area contributed by atoms with Crippen molar-refractivity contribution in [3.63, 3.8) is 0 Å². The Morgan fingerprint density at radius 1 is 1.75 bits per heavy atom. The molecule has 1 aliphatic heterocycles. The molecule has 0 saturated carbocycles. The third kappa shape index (κ3) is 1.37. The van der Waals surface area contributed by atoms with Crippen molar-refractivity contribution >= 4 is 5.97 Å². The molecule has 1 saturated heterocycles. The summed E-state index contributed by atoms with van der Waals surface area (Å²) in [7, 11) is 0. The molecular formula is C9H13NO2. The second-order valence-corrected chi connectivity index (χ2v) is 3.58. The van der Waals surface area contributed by atoms with Gasteiger partial charge in [0.05, 0.1) is 6.04 Å². The summed E-state index contributed by atoms with van der Waals surface area (Å²) < 4.78 is 5.17. The van der Waals surface area contributed by atoms with Crippen molar-refractivity contribution in [2.75, 3.05) is 0 Å². The molecule has 2 aliphatic rings. The molecule has 0 spiro atoms. The Morgan fingerprint density at radius 2 is 2.50 bits per heavy atom. The highest BCUT2D eigenvalue weighted by Crippen LogP contribution is 2.30. The number of nitrogens with one attached hydrogen (secondary N) is 1.